The predicted octanol–water partition coefficient (Wildman–Crippen LogP) is 3.52. The van der Waals surface area contributed by atoms with Gasteiger partial charge in [0.2, 0.25) is 0 Å². The van der Waals surface area contributed by atoms with Crippen LogP contribution in [-0.2, 0) is 14.8 Å². The minimum absolute atomic E-state index is 0.0186. The van der Waals surface area contributed by atoms with Crippen LogP contribution in [-0.4, -0.2) is 37.5 Å². The molecule has 7 heteroatoms. The lowest BCUT2D eigenvalue weighted by Gasteiger charge is -2.21. The zero-order chi connectivity index (χ0) is 21.5. The summed E-state index contributed by atoms with van der Waals surface area (Å²) in [4.78, 5) is 12.0. The van der Waals surface area contributed by atoms with Crippen LogP contribution in [0, 0.1) is 18.9 Å². The highest BCUT2D eigenvalue weighted by molar-refractivity contribution is 7.89. The van der Waals surface area contributed by atoms with Crippen molar-refractivity contribution in [3.8, 4) is 12.0 Å². The molecule has 29 heavy (non-hydrogen) atoms. The van der Waals surface area contributed by atoms with Crippen molar-refractivity contribution >= 4 is 16.1 Å². The molecule has 0 unspecified atom stereocenters. The minimum Gasteiger partial charge on any atom is -0.444 e. The maximum absolute atomic E-state index is 13.0. The van der Waals surface area contributed by atoms with Crippen LogP contribution in [0.25, 0.3) is 0 Å². The second kappa shape index (κ2) is 9.48. The number of carbonyl (C=O) groups is 1. The summed E-state index contributed by atoms with van der Waals surface area (Å²) in [5.41, 5.74) is 1.01. The summed E-state index contributed by atoms with van der Waals surface area (Å²) in [6.07, 6.45) is -0.610. The number of rotatable bonds is 5. The highest BCUT2D eigenvalue weighted by Crippen LogP contribution is 2.16. The first-order valence-electron chi connectivity index (χ1n) is 9.21. The third-order valence-corrected chi connectivity index (χ3v) is 5.41. The zero-order valence-corrected chi connectivity index (χ0v) is 17.9. The van der Waals surface area contributed by atoms with Crippen LogP contribution in [0.5, 0.6) is 0 Å². The normalized spacial score (nSPS) is 11.2. The number of aryl methyl sites for hydroxylation is 1. The van der Waals surface area contributed by atoms with E-state index in [1.807, 2.05) is 25.1 Å². The van der Waals surface area contributed by atoms with Gasteiger partial charge in [-0.25, -0.2) is 17.5 Å². The number of benzene rings is 2. The summed E-state index contributed by atoms with van der Waals surface area (Å²) >= 11 is 0. The van der Waals surface area contributed by atoms with Gasteiger partial charge in [-0.05, 0) is 57.9 Å². The molecule has 154 valence electrons. The molecule has 0 spiro atoms. The number of carbonyl (C=O) groups excluding carboxylic acids is 1. The number of amides is 1. The fourth-order valence-corrected chi connectivity index (χ4v) is 3.53. The van der Waals surface area contributed by atoms with Crippen molar-refractivity contribution in [3.05, 3.63) is 65.7 Å². The van der Waals surface area contributed by atoms with E-state index in [-0.39, 0.29) is 18.0 Å². The Balaban J connectivity index is 2.21. The Morgan fingerprint density at radius 3 is 2.28 bits per heavy atom. The van der Waals surface area contributed by atoms with Crippen molar-refractivity contribution in [2.45, 2.75) is 38.2 Å². The molecule has 0 bridgehead atoms. The molecule has 0 saturated heterocycles. The van der Waals surface area contributed by atoms with E-state index in [0.29, 0.717) is 5.56 Å². The lowest BCUT2D eigenvalue weighted by molar-refractivity contribution is 0.0527. The largest absolute Gasteiger partial charge is 0.444 e. The third kappa shape index (κ3) is 7.16. The summed E-state index contributed by atoms with van der Waals surface area (Å²) in [7, 11) is -3.85. The second-order valence-electron chi connectivity index (χ2n) is 7.42. The zero-order valence-electron chi connectivity index (χ0n) is 17.1. The van der Waals surface area contributed by atoms with Crippen molar-refractivity contribution in [2.75, 3.05) is 13.1 Å². The molecule has 0 atom stereocenters. The van der Waals surface area contributed by atoms with Gasteiger partial charge in [-0.15, -0.1) is 0 Å². The van der Waals surface area contributed by atoms with Gasteiger partial charge in [0, 0.05) is 18.2 Å². The highest BCUT2D eigenvalue weighted by atomic mass is 32.2. The Kier molecular flexibility index (Phi) is 7.29. The van der Waals surface area contributed by atoms with Gasteiger partial charge in [0.15, 0.2) is 0 Å². The maximum atomic E-state index is 13.0. The van der Waals surface area contributed by atoms with Crippen LogP contribution in [0.2, 0.25) is 0 Å². The maximum Gasteiger partial charge on any atom is 0.407 e. The molecule has 0 fully saturated rings. The first-order chi connectivity index (χ1) is 13.6. The smallest absolute Gasteiger partial charge is 0.407 e. The summed E-state index contributed by atoms with van der Waals surface area (Å²) in [6.45, 7) is 7.19. The van der Waals surface area contributed by atoms with Gasteiger partial charge in [0.1, 0.15) is 5.60 Å². The first kappa shape index (κ1) is 22.3. The number of alkyl carbamates (subject to hydrolysis) is 1. The summed E-state index contributed by atoms with van der Waals surface area (Å²) in [5, 5.41) is 2.57. The van der Waals surface area contributed by atoms with E-state index in [9.17, 15) is 13.2 Å². The van der Waals surface area contributed by atoms with Crippen LogP contribution < -0.4 is 5.32 Å². The van der Waals surface area contributed by atoms with E-state index in [1.54, 1.807) is 57.2 Å². The molecule has 0 aliphatic rings. The molecule has 0 aliphatic heterocycles. The number of hydrogen-bond acceptors (Lipinski definition) is 4. The Bertz CT molecular complexity index is 983. The lowest BCUT2D eigenvalue weighted by Crippen LogP contribution is -2.38. The number of nitrogens with zero attached hydrogens (tertiary/aromatic N) is 1. The molecular formula is C22H26N2O4S. The molecular weight excluding hydrogens is 388 g/mol. The van der Waals surface area contributed by atoms with E-state index < -0.39 is 21.7 Å². The van der Waals surface area contributed by atoms with Crippen LogP contribution >= 0.6 is 0 Å². The van der Waals surface area contributed by atoms with Gasteiger partial charge >= 0.3 is 6.09 Å². The summed E-state index contributed by atoms with van der Waals surface area (Å²) < 4.78 is 32.3. The van der Waals surface area contributed by atoms with E-state index in [4.69, 9.17) is 4.74 Å². The van der Waals surface area contributed by atoms with Gasteiger partial charge < -0.3 is 10.1 Å². The number of ether oxygens (including phenoxy) is 1. The molecule has 1 amide bonds. The molecule has 2 rings (SSSR count). The van der Waals surface area contributed by atoms with Crippen molar-refractivity contribution < 1.29 is 17.9 Å². The monoisotopic (exact) mass is 414 g/mol. The average Bonchev–Trinajstić information content (AvgIpc) is 2.64. The molecule has 1 N–H and O–H groups in total. The van der Waals surface area contributed by atoms with Crippen LogP contribution in [0.3, 0.4) is 0 Å². The average molecular weight is 415 g/mol. The standard InChI is InChI=1S/C22H26N2O4S/c1-18-10-12-20(13-11-18)29(26,27)24(16-14-19-8-6-5-7-9-19)17-15-23-21(25)28-22(2,3)4/h5-13H,15,17H2,1-4H3,(H,23,25). The fourth-order valence-electron chi connectivity index (χ4n) is 2.30. The quantitative estimate of drug-likeness (QED) is 0.600. The highest BCUT2D eigenvalue weighted by Gasteiger charge is 2.22. The Labute approximate surface area is 172 Å². The molecule has 0 saturated carbocycles. The van der Waals surface area contributed by atoms with Gasteiger partial charge in [0.25, 0.3) is 10.0 Å². The Morgan fingerprint density at radius 2 is 1.69 bits per heavy atom. The van der Waals surface area contributed by atoms with Crippen molar-refractivity contribution in [1.29, 1.82) is 0 Å². The summed E-state index contributed by atoms with van der Waals surface area (Å²) in [5.74, 6) is 2.86. The first-order valence-corrected chi connectivity index (χ1v) is 10.6. The van der Waals surface area contributed by atoms with Gasteiger partial charge in [-0.2, -0.15) is 0 Å². The van der Waals surface area contributed by atoms with Gasteiger partial charge in [-0.3, -0.25) is 0 Å². The number of hydrogen-bond donors (Lipinski definition) is 1. The predicted molar refractivity (Wildman–Crippen MR) is 113 cm³/mol. The van der Waals surface area contributed by atoms with Gasteiger partial charge in [0.05, 0.1) is 11.4 Å². The summed E-state index contributed by atoms with van der Waals surface area (Å²) in [6, 6.07) is 18.4. The van der Waals surface area contributed by atoms with E-state index in [2.05, 4.69) is 17.3 Å². The van der Waals surface area contributed by atoms with E-state index >= 15 is 0 Å². The second-order valence-corrected chi connectivity index (χ2v) is 9.28. The van der Waals surface area contributed by atoms with Crippen LogP contribution in [0.15, 0.2) is 59.5 Å². The van der Waals surface area contributed by atoms with E-state index in [0.717, 1.165) is 9.87 Å². The fraction of sp³-hybridized carbons (Fsp3) is 0.318. The molecule has 6 nitrogen and oxygen atoms in total. The van der Waals surface area contributed by atoms with Crippen LogP contribution in [0.4, 0.5) is 4.79 Å². The number of sulfonamides is 1. The SMILES string of the molecule is Cc1ccc(S(=O)(=O)N(C#Cc2ccccc2)CCNC(=O)OC(C)(C)C)cc1. The molecule has 0 radical (unpaired) electrons. The minimum atomic E-state index is -3.85. The van der Waals surface area contributed by atoms with Crippen LogP contribution in [0.1, 0.15) is 31.9 Å². The topological polar surface area (TPSA) is 75.7 Å². The van der Waals surface area contributed by atoms with Crippen molar-refractivity contribution in [3.63, 3.8) is 0 Å². The van der Waals surface area contributed by atoms with Crippen molar-refractivity contribution in [1.82, 2.24) is 9.62 Å². The molecule has 0 heterocycles. The lowest BCUT2D eigenvalue weighted by atomic mass is 10.2. The number of nitrogens with one attached hydrogen (secondary N) is 1. The molecule has 2 aromatic rings. The molecule has 0 aromatic heterocycles. The Morgan fingerprint density at radius 1 is 1.07 bits per heavy atom. The molecule has 2 aromatic carbocycles. The Hall–Kier alpha value is -2.98. The van der Waals surface area contributed by atoms with Gasteiger partial charge in [-0.1, -0.05) is 35.9 Å². The third-order valence-electron chi connectivity index (χ3n) is 3.69. The van der Waals surface area contributed by atoms with Crippen molar-refractivity contribution in [2.24, 2.45) is 0 Å². The van der Waals surface area contributed by atoms with E-state index in [1.165, 1.54) is 0 Å². The molecule has 0 aliphatic carbocycles.